The van der Waals surface area contributed by atoms with E-state index in [9.17, 15) is 29.3 Å². The summed E-state index contributed by atoms with van der Waals surface area (Å²) >= 11 is 0. The van der Waals surface area contributed by atoms with Crippen molar-refractivity contribution in [2.45, 2.75) is 6.42 Å². The summed E-state index contributed by atoms with van der Waals surface area (Å²) in [6.45, 7) is -0.619. The highest BCUT2D eigenvalue weighted by molar-refractivity contribution is 6.23. The molecule has 5 rings (SSSR count). The van der Waals surface area contributed by atoms with Crippen molar-refractivity contribution >= 4 is 40.8 Å². The van der Waals surface area contributed by atoms with E-state index in [0.717, 1.165) is 11.3 Å². The summed E-state index contributed by atoms with van der Waals surface area (Å²) in [6.07, 6.45) is 4.84. The molecule has 0 aromatic heterocycles. The van der Waals surface area contributed by atoms with E-state index in [1.165, 1.54) is 42.5 Å². The van der Waals surface area contributed by atoms with Gasteiger partial charge in [0.15, 0.2) is 6.61 Å². The highest BCUT2D eigenvalue weighted by Gasteiger charge is 2.59. The number of hydrogen-bond acceptors (Lipinski definition) is 7. The Morgan fingerprint density at radius 1 is 1.03 bits per heavy atom. The van der Waals surface area contributed by atoms with Gasteiger partial charge in [-0.05, 0) is 42.5 Å². The number of allylic oxidation sites excluding steroid dienone is 2. The number of nitrogens with zero attached hydrogens (tertiary/aromatic N) is 2. The lowest BCUT2D eigenvalue weighted by molar-refractivity contribution is -0.384. The van der Waals surface area contributed by atoms with Gasteiger partial charge in [0.25, 0.3) is 11.6 Å². The van der Waals surface area contributed by atoms with Crippen LogP contribution in [0.15, 0.2) is 60.7 Å². The zero-order valence-corrected chi connectivity index (χ0v) is 17.7. The number of nitrogens with one attached hydrogen (secondary N) is 1. The highest BCUT2D eigenvalue weighted by Crippen LogP contribution is 2.53. The first-order valence-electron chi connectivity index (χ1n) is 10.7. The summed E-state index contributed by atoms with van der Waals surface area (Å²) in [5.74, 6) is -2.54. The Bertz CT molecular complexity index is 1240. The van der Waals surface area contributed by atoms with Gasteiger partial charge in [-0.25, -0.2) is 9.69 Å². The number of nitro benzene ring substituents is 1. The van der Waals surface area contributed by atoms with Crippen LogP contribution in [0.25, 0.3) is 0 Å². The number of benzene rings is 2. The van der Waals surface area contributed by atoms with Crippen LogP contribution in [-0.4, -0.2) is 35.2 Å². The molecule has 3 amide bonds. The Kier molecular flexibility index (Phi) is 5.20. The van der Waals surface area contributed by atoms with Gasteiger partial charge in [0.1, 0.15) is 0 Å². The molecular formula is C24H19N3O7. The standard InChI is InChI=1S/C24H19N3O7/c28-19(25-16-4-2-6-18(11-16)27(32)33)12-34-24(31)15-3-1-5-17(10-15)26-22(29)20-13-7-8-14(9-13)21(20)23(26)30/h1-8,10-11,13-14,20-21H,9,12H2,(H,25,28)/t13-,14-,20+,21+/m0/s1. The lowest BCUT2D eigenvalue weighted by Crippen LogP contribution is -2.33. The SMILES string of the molecule is O=C(COC(=O)c1cccc(N2C(=O)[C@H]3[C@H](C2=O)[C@H]2C=C[C@H]3C2)c1)Nc1cccc([N+](=O)[O-])c1. The number of imide groups is 1. The average molecular weight is 461 g/mol. The summed E-state index contributed by atoms with van der Waals surface area (Å²) in [7, 11) is 0. The lowest BCUT2D eigenvalue weighted by atomic mass is 9.85. The Balaban J connectivity index is 1.23. The number of esters is 1. The number of hydrogen-bond donors (Lipinski definition) is 1. The van der Waals surface area contributed by atoms with Gasteiger partial charge in [-0.15, -0.1) is 0 Å². The van der Waals surface area contributed by atoms with Crippen molar-refractivity contribution < 1.29 is 28.8 Å². The van der Waals surface area contributed by atoms with Gasteiger partial charge in [-0.3, -0.25) is 24.5 Å². The minimum absolute atomic E-state index is 0.0779. The molecule has 2 fully saturated rings. The molecule has 0 unspecified atom stereocenters. The summed E-state index contributed by atoms with van der Waals surface area (Å²) in [6, 6.07) is 11.3. The van der Waals surface area contributed by atoms with Crippen LogP contribution in [0, 0.1) is 33.8 Å². The Morgan fingerprint density at radius 2 is 1.71 bits per heavy atom. The number of amides is 3. The van der Waals surface area contributed by atoms with Crippen molar-refractivity contribution in [2.24, 2.45) is 23.7 Å². The molecule has 10 nitrogen and oxygen atoms in total. The summed E-state index contributed by atoms with van der Waals surface area (Å²) in [5.41, 5.74) is 0.376. The van der Waals surface area contributed by atoms with E-state index in [2.05, 4.69) is 5.32 Å². The largest absolute Gasteiger partial charge is 0.452 e. The van der Waals surface area contributed by atoms with Crippen LogP contribution in [0.4, 0.5) is 17.1 Å². The fraction of sp³-hybridized carbons (Fsp3) is 0.250. The number of anilines is 2. The maximum absolute atomic E-state index is 13.0. The Morgan fingerprint density at radius 3 is 2.38 bits per heavy atom. The number of nitro groups is 1. The van der Waals surface area contributed by atoms with Gasteiger partial charge in [-0.1, -0.05) is 24.3 Å². The maximum Gasteiger partial charge on any atom is 0.338 e. The van der Waals surface area contributed by atoms with Gasteiger partial charge in [0.2, 0.25) is 11.8 Å². The van der Waals surface area contributed by atoms with Crippen molar-refractivity contribution in [2.75, 3.05) is 16.8 Å². The van der Waals surface area contributed by atoms with Crippen LogP contribution in [0.5, 0.6) is 0 Å². The number of ether oxygens (including phenoxy) is 1. The van der Waals surface area contributed by atoms with E-state index in [1.54, 1.807) is 6.07 Å². The number of rotatable bonds is 6. The van der Waals surface area contributed by atoms with E-state index >= 15 is 0 Å². The first-order valence-corrected chi connectivity index (χ1v) is 10.7. The molecule has 2 aromatic rings. The van der Waals surface area contributed by atoms with Gasteiger partial charge in [0.05, 0.1) is 28.0 Å². The molecule has 2 aromatic carbocycles. The first kappa shape index (κ1) is 21.5. The lowest BCUT2D eigenvalue weighted by Gasteiger charge is -2.18. The molecule has 172 valence electrons. The maximum atomic E-state index is 13.0. The molecule has 34 heavy (non-hydrogen) atoms. The van der Waals surface area contributed by atoms with Crippen molar-refractivity contribution in [1.29, 1.82) is 0 Å². The van der Waals surface area contributed by atoms with Gasteiger partial charge >= 0.3 is 5.97 Å². The highest BCUT2D eigenvalue weighted by atomic mass is 16.6. The van der Waals surface area contributed by atoms with Crippen LogP contribution in [-0.2, 0) is 19.1 Å². The fourth-order valence-electron chi connectivity index (χ4n) is 5.04. The first-order chi connectivity index (χ1) is 16.3. The van der Waals surface area contributed by atoms with Crippen molar-refractivity contribution in [3.05, 3.63) is 76.4 Å². The zero-order valence-electron chi connectivity index (χ0n) is 17.7. The summed E-state index contributed by atoms with van der Waals surface area (Å²) < 4.78 is 5.05. The molecule has 0 spiro atoms. The van der Waals surface area contributed by atoms with Gasteiger partial charge in [-0.2, -0.15) is 0 Å². The fourth-order valence-corrected chi connectivity index (χ4v) is 5.04. The molecule has 2 aliphatic carbocycles. The number of non-ortho nitro benzene ring substituents is 1. The third-order valence-corrected chi connectivity index (χ3v) is 6.49. The molecule has 1 heterocycles. The minimum Gasteiger partial charge on any atom is -0.452 e. The molecule has 3 aliphatic rings. The van der Waals surface area contributed by atoms with Crippen molar-refractivity contribution in [1.82, 2.24) is 0 Å². The van der Waals surface area contributed by atoms with Crippen LogP contribution in [0.2, 0.25) is 0 Å². The van der Waals surface area contributed by atoms with Crippen LogP contribution in [0.3, 0.4) is 0 Å². The quantitative estimate of drug-likeness (QED) is 0.230. The van der Waals surface area contributed by atoms with Crippen LogP contribution in [0.1, 0.15) is 16.8 Å². The number of fused-ring (bicyclic) bond motifs is 5. The molecule has 10 heteroatoms. The summed E-state index contributed by atoms with van der Waals surface area (Å²) in [5, 5.41) is 13.3. The van der Waals surface area contributed by atoms with Crippen molar-refractivity contribution in [3.8, 4) is 0 Å². The third kappa shape index (κ3) is 3.62. The van der Waals surface area contributed by atoms with Crippen LogP contribution >= 0.6 is 0 Å². The minimum atomic E-state index is -0.808. The topological polar surface area (TPSA) is 136 Å². The monoisotopic (exact) mass is 461 g/mol. The molecule has 1 saturated heterocycles. The van der Waals surface area contributed by atoms with E-state index in [4.69, 9.17) is 4.74 Å². The van der Waals surface area contributed by atoms with Crippen LogP contribution < -0.4 is 10.2 Å². The molecular weight excluding hydrogens is 442 g/mol. The molecule has 1 N–H and O–H groups in total. The Hall–Kier alpha value is -4.34. The van der Waals surface area contributed by atoms with Gasteiger partial charge < -0.3 is 10.1 Å². The van der Waals surface area contributed by atoms with Crippen molar-refractivity contribution in [3.63, 3.8) is 0 Å². The second-order valence-corrected chi connectivity index (χ2v) is 8.49. The molecule has 1 saturated carbocycles. The number of carbonyl (C=O) groups is 4. The predicted molar refractivity (Wildman–Crippen MR) is 119 cm³/mol. The summed E-state index contributed by atoms with van der Waals surface area (Å²) in [4.78, 5) is 62.0. The van der Waals surface area contributed by atoms with E-state index in [0.29, 0.717) is 5.69 Å². The third-order valence-electron chi connectivity index (χ3n) is 6.49. The second-order valence-electron chi connectivity index (χ2n) is 8.49. The molecule has 1 aliphatic heterocycles. The Labute approximate surface area is 193 Å². The van der Waals surface area contributed by atoms with E-state index < -0.39 is 23.4 Å². The van der Waals surface area contributed by atoms with E-state index in [1.807, 2.05) is 12.2 Å². The predicted octanol–water partition coefficient (Wildman–Crippen LogP) is 2.70. The normalized spacial score (nSPS) is 24.3. The number of carbonyl (C=O) groups excluding carboxylic acids is 4. The van der Waals surface area contributed by atoms with Gasteiger partial charge in [0, 0.05) is 17.8 Å². The smallest absolute Gasteiger partial charge is 0.338 e. The zero-order chi connectivity index (χ0) is 24.0. The average Bonchev–Trinajstić information content (AvgIpc) is 3.51. The van der Waals surface area contributed by atoms with E-state index in [-0.39, 0.29) is 52.4 Å². The molecule has 0 radical (unpaired) electrons. The molecule has 4 atom stereocenters. The molecule has 2 bridgehead atoms. The second kappa shape index (κ2) is 8.22.